The van der Waals surface area contributed by atoms with Gasteiger partial charge in [-0.25, -0.2) is 0 Å². The molecule has 0 aliphatic rings. The topological polar surface area (TPSA) is 98.0 Å². The quantitative estimate of drug-likeness (QED) is 0.294. The van der Waals surface area contributed by atoms with Crippen molar-refractivity contribution >= 4 is 17.9 Å². The number of carbonyl (C=O) groups is 1. The summed E-state index contributed by atoms with van der Waals surface area (Å²) in [6, 6.07) is 0. The lowest BCUT2D eigenvalue weighted by molar-refractivity contribution is -0.129. The Bertz CT molecular complexity index is 128. The van der Waals surface area contributed by atoms with E-state index in [1.807, 2.05) is 0 Å². The molecule has 0 spiro atoms. The summed E-state index contributed by atoms with van der Waals surface area (Å²) in [5, 5.41) is 34.6. The van der Waals surface area contributed by atoms with Crippen LogP contribution in [0.2, 0.25) is 0 Å². The minimum absolute atomic E-state index is 0.0349. The molecule has 0 aromatic rings. The summed E-state index contributed by atoms with van der Waals surface area (Å²) in [6.45, 7) is 0. The maximum Gasteiger partial charge on any atom is 0.156 e. The van der Waals surface area contributed by atoms with Crippen LogP contribution >= 0.6 is 11.6 Å². The molecule has 66 valence electrons. The number of alkyl halides is 1. The normalized spacial score (nSPS) is 21.9. The third-order valence-electron chi connectivity index (χ3n) is 1.12. The average molecular weight is 185 g/mol. The van der Waals surface area contributed by atoms with E-state index in [9.17, 15) is 4.79 Å². The Morgan fingerprint density at radius 1 is 1.09 bits per heavy atom. The molecule has 1 unspecified atom stereocenters. The first-order chi connectivity index (χ1) is 5.00. The number of aldehydes is 1. The van der Waals surface area contributed by atoms with Gasteiger partial charge in [0.05, 0.1) is 0 Å². The molecule has 0 aliphatic heterocycles. The molecule has 0 radical (unpaired) electrons. The van der Waals surface area contributed by atoms with Gasteiger partial charge in [0.2, 0.25) is 0 Å². The summed E-state index contributed by atoms with van der Waals surface area (Å²) in [6.07, 6.45) is -5.21. The average Bonchev–Trinajstić information content (AvgIpc) is 2.00. The van der Waals surface area contributed by atoms with E-state index in [1.54, 1.807) is 0 Å². The van der Waals surface area contributed by atoms with Crippen LogP contribution in [-0.4, -0.2) is 50.6 Å². The van der Waals surface area contributed by atoms with Gasteiger partial charge in [0.25, 0.3) is 0 Å². The fourth-order valence-electron chi connectivity index (χ4n) is 0.445. The smallest absolute Gasteiger partial charge is 0.156 e. The lowest BCUT2D eigenvalue weighted by atomic mass is 10.1. The largest absolute Gasteiger partial charge is 0.387 e. The first-order valence-corrected chi connectivity index (χ1v) is 3.26. The van der Waals surface area contributed by atoms with Gasteiger partial charge in [0, 0.05) is 0 Å². The lowest BCUT2D eigenvalue weighted by Gasteiger charge is -2.19. The monoisotopic (exact) mass is 184 g/mol. The van der Waals surface area contributed by atoms with Crippen LogP contribution in [-0.2, 0) is 4.79 Å². The zero-order valence-electron chi connectivity index (χ0n) is 5.46. The summed E-state index contributed by atoms with van der Waals surface area (Å²) in [4.78, 5) is 9.83. The van der Waals surface area contributed by atoms with E-state index < -0.39 is 23.9 Å². The van der Waals surface area contributed by atoms with Gasteiger partial charge >= 0.3 is 0 Å². The highest BCUT2D eigenvalue weighted by Crippen LogP contribution is 2.06. The van der Waals surface area contributed by atoms with Crippen molar-refractivity contribution < 1.29 is 25.2 Å². The molecule has 0 aromatic heterocycles. The van der Waals surface area contributed by atoms with Gasteiger partial charge in [-0.3, -0.25) is 0 Å². The van der Waals surface area contributed by atoms with E-state index >= 15 is 0 Å². The first-order valence-electron chi connectivity index (χ1n) is 2.82. The second kappa shape index (κ2) is 4.63. The summed E-state index contributed by atoms with van der Waals surface area (Å²) in [7, 11) is 0. The summed E-state index contributed by atoms with van der Waals surface area (Å²) in [5.74, 6) is 0. The van der Waals surface area contributed by atoms with Crippen molar-refractivity contribution in [2.45, 2.75) is 23.9 Å². The molecular weight excluding hydrogens is 176 g/mol. The minimum Gasteiger partial charge on any atom is -0.387 e. The van der Waals surface area contributed by atoms with Crippen LogP contribution in [0.25, 0.3) is 0 Å². The highest BCUT2D eigenvalue weighted by atomic mass is 35.5. The first kappa shape index (κ1) is 10.8. The lowest BCUT2D eigenvalue weighted by Crippen LogP contribution is -2.43. The maximum absolute atomic E-state index is 9.83. The van der Waals surface area contributed by atoms with Gasteiger partial charge in [0.15, 0.2) is 11.8 Å². The molecule has 0 heterocycles. The van der Waals surface area contributed by atoms with Gasteiger partial charge in [0.1, 0.15) is 18.3 Å². The number of hydrogen-bond acceptors (Lipinski definition) is 5. The Morgan fingerprint density at radius 3 is 1.82 bits per heavy atom. The van der Waals surface area contributed by atoms with Gasteiger partial charge in [-0.1, -0.05) is 11.6 Å². The third kappa shape index (κ3) is 3.13. The molecular formula is C5H9ClO5. The molecule has 5 nitrogen and oxygen atoms in total. The fraction of sp³-hybridized carbons (Fsp3) is 0.800. The highest BCUT2D eigenvalue weighted by Gasteiger charge is 2.28. The van der Waals surface area contributed by atoms with Crippen LogP contribution in [0.3, 0.4) is 0 Å². The van der Waals surface area contributed by atoms with Crippen molar-refractivity contribution in [3.63, 3.8) is 0 Å². The molecule has 0 amide bonds. The van der Waals surface area contributed by atoms with Crippen LogP contribution in [0.15, 0.2) is 0 Å². The Kier molecular flexibility index (Phi) is 4.55. The predicted molar refractivity (Wildman–Crippen MR) is 35.9 cm³/mol. The number of halogens is 1. The molecule has 0 saturated heterocycles. The third-order valence-corrected chi connectivity index (χ3v) is 1.38. The molecule has 0 bridgehead atoms. The van der Waals surface area contributed by atoms with Crippen LogP contribution in [0, 0.1) is 0 Å². The molecule has 0 rings (SSSR count). The number of aliphatic hydroxyl groups is 4. The van der Waals surface area contributed by atoms with E-state index in [-0.39, 0.29) is 6.29 Å². The summed E-state index contributed by atoms with van der Waals surface area (Å²) >= 11 is 4.94. The predicted octanol–water partition coefficient (Wildman–Crippen LogP) is -2.17. The van der Waals surface area contributed by atoms with E-state index in [1.165, 1.54) is 0 Å². The molecule has 11 heavy (non-hydrogen) atoms. The van der Waals surface area contributed by atoms with Crippen LogP contribution in [0.4, 0.5) is 0 Å². The van der Waals surface area contributed by atoms with Crippen molar-refractivity contribution in [3.8, 4) is 0 Å². The molecule has 0 aliphatic carbocycles. The maximum atomic E-state index is 9.83. The van der Waals surface area contributed by atoms with Gasteiger partial charge < -0.3 is 25.2 Å². The van der Waals surface area contributed by atoms with Crippen molar-refractivity contribution in [1.82, 2.24) is 0 Å². The van der Waals surface area contributed by atoms with Crippen LogP contribution < -0.4 is 0 Å². The van der Waals surface area contributed by atoms with E-state index in [4.69, 9.17) is 32.0 Å². The van der Waals surface area contributed by atoms with Crippen molar-refractivity contribution in [2.24, 2.45) is 0 Å². The Labute approximate surface area is 67.8 Å². The van der Waals surface area contributed by atoms with Crippen molar-refractivity contribution in [2.75, 3.05) is 0 Å². The van der Waals surface area contributed by atoms with Gasteiger partial charge in [-0.15, -0.1) is 0 Å². The highest BCUT2D eigenvalue weighted by molar-refractivity contribution is 6.19. The Balaban J connectivity index is 4.00. The van der Waals surface area contributed by atoms with E-state index in [0.29, 0.717) is 0 Å². The van der Waals surface area contributed by atoms with Gasteiger partial charge in [-0.2, -0.15) is 0 Å². The second-order valence-electron chi connectivity index (χ2n) is 1.98. The number of aliphatic hydroxyl groups excluding tert-OH is 4. The SMILES string of the molecule is O=C[C@@H](O)[C@H](O)[C@H](O)C(O)Cl. The standard InChI is InChI=1S/C5H9ClO5/c6-5(11)4(10)3(9)2(8)1-7/h1-5,8-11H/t2-,3+,4+,5?/m1/s1. The molecule has 0 saturated carbocycles. The second-order valence-corrected chi connectivity index (χ2v) is 2.43. The molecule has 0 fully saturated rings. The minimum atomic E-state index is -1.76. The molecule has 0 aromatic carbocycles. The Hall–Kier alpha value is -0.200. The number of carbonyl (C=O) groups excluding carboxylic acids is 1. The molecule has 4 atom stereocenters. The van der Waals surface area contributed by atoms with Gasteiger partial charge in [-0.05, 0) is 0 Å². The van der Waals surface area contributed by atoms with Crippen LogP contribution in [0.1, 0.15) is 0 Å². The zero-order chi connectivity index (χ0) is 9.02. The summed E-state index contributed by atoms with van der Waals surface area (Å²) < 4.78 is 0. The fourth-order valence-corrected chi connectivity index (χ4v) is 0.594. The number of rotatable bonds is 4. The Morgan fingerprint density at radius 2 is 1.55 bits per heavy atom. The molecule has 4 N–H and O–H groups in total. The van der Waals surface area contributed by atoms with E-state index in [2.05, 4.69) is 0 Å². The number of hydrogen-bond donors (Lipinski definition) is 4. The zero-order valence-corrected chi connectivity index (χ0v) is 6.22. The molecule has 6 heteroatoms. The van der Waals surface area contributed by atoms with Crippen LogP contribution in [0.5, 0.6) is 0 Å². The summed E-state index contributed by atoms with van der Waals surface area (Å²) in [5.41, 5.74) is -1.71. The van der Waals surface area contributed by atoms with Crippen molar-refractivity contribution in [3.05, 3.63) is 0 Å². The van der Waals surface area contributed by atoms with E-state index in [0.717, 1.165) is 0 Å². The van der Waals surface area contributed by atoms with Crippen molar-refractivity contribution in [1.29, 1.82) is 0 Å².